The highest BCUT2D eigenvalue weighted by Gasteiger charge is 2.28. The van der Waals surface area contributed by atoms with E-state index >= 15 is 0 Å². The molecule has 0 spiro atoms. The molecule has 2 nitrogen and oxygen atoms in total. The number of rotatable bonds is 1. The lowest BCUT2D eigenvalue weighted by atomic mass is 10.0. The van der Waals surface area contributed by atoms with Crippen LogP contribution < -0.4 is 10.2 Å². The number of hydrogen-bond acceptors (Lipinski definition) is 2. The first kappa shape index (κ1) is 10.9. The summed E-state index contributed by atoms with van der Waals surface area (Å²) in [7, 11) is 0. The number of fused-ring (bicyclic) bond motifs is 1. The summed E-state index contributed by atoms with van der Waals surface area (Å²) in [6.45, 7) is 7.07. The SMILES string of the molecule is CC1CC(C)N(c2cccc3c2CCCN3)C1. The molecule has 0 radical (unpaired) electrons. The van der Waals surface area contributed by atoms with E-state index < -0.39 is 0 Å². The van der Waals surface area contributed by atoms with Gasteiger partial charge in [0.15, 0.2) is 0 Å². The minimum atomic E-state index is 0.693. The third-order valence-electron chi connectivity index (χ3n) is 4.16. The van der Waals surface area contributed by atoms with Gasteiger partial charge in [0.25, 0.3) is 0 Å². The van der Waals surface area contributed by atoms with Gasteiger partial charge in [0.1, 0.15) is 0 Å². The van der Waals surface area contributed by atoms with Crippen molar-refractivity contribution in [3.8, 4) is 0 Å². The van der Waals surface area contributed by atoms with E-state index in [4.69, 9.17) is 0 Å². The van der Waals surface area contributed by atoms with Gasteiger partial charge < -0.3 is 10.2 Å². The Labute approximate surface area is 104 Å². The van der Waals surface area contributed by atoms with E-state index in [2.05, 4.69) is 42.3 Å². The second kappa shape index (κ2) is 4.25. The molecule has 1 fully saturated rings. The van der Waals surface area contributed by atoms with E-state index in [1.54, 1.807) is 5.56 Å². The largest absolute Gasteiger partial charge is 0.385 e. The van der Waals surface area contributed by atoms with Crippen molar-refractivity contribution < 1.29 is 0 Å². The van der Waals surface area contributed by atoms with Gasteiger partial charge in [-0.1, -0.05) is 13.0 Å². The zero-order valence-electron chi connectivity index (χ0n) is 10.9. The Morgan fingerprint density at radius 1 is 1.29 bits per heavy atom. The first-order valence-corrected chi connectivity index (χ1v) is 6.88. The summed E-state index contributed by atoms with van der Waals surface area (Å²) in [5.41, 5.74) is 4.38. The molecule has 2 atom stereocenters. The maximum Gasteiger partial charge on any atom is 0.0422 e. The van der Waals surface area contributed by atoms with Crippen LogP contribution in [0.15, 0.2) is 18.2 Å². The van der Waals surface area contributed by atoms with E-state index in [1.807, 2.05) is 0 Å². The van der Waals surface area contributed by atoms with Crippen molar-refractivity contribution in [2.24, 2.45) is 5.92 Å². The third kappa shape index (κ3) is 1.90. The van der Waals surface area contributed by atoms with Gasteiger partial charge in [-0.05, 0) is 49.8 Å². The van der Waals surface area contributed by atoms with Crippen LogP contribution in [0.25, 0.3) is 0 Å². The molecule has 17 heavy (non-hydrogen) atoms. The lowest BCUT2D eigenvalue weighted by molar-refractivity contribution is 0.625. The molecule has 92 valence electrons. The average molecular weight is 230 g/mol. The summed E-state index contributed by atoms with van der Waals surface area (Å²) in [5.74, 6) is 0.831. The van der Waals surface area contributed by atoms with Gasteiger partial charge in [-0.25, -0.2) is 0 Å². The summed E-state index contributed by atoms with van der Waals surface area (Å²) in [6, 6.07) is 7.42. The Kier molecular flexibility index (Phi) is 2.73. The van der Waals surface area contributed by atoms with Gasteiger partial charge in [-0.3, -0.25) is 0 Å². The summed E-state index contributed by atoms with van der Waals surface area (Å²) >= 11 is 0. The molecule has 3 rings (SSSR count). The predicted molar refractivity (Wildman–Crippen MR) is 73.8 cm³/mol. The van der Waals surface area contributed by atoms with Crippen LogP contribution in [-0.2, 0) is 6.42 Å². The quantitative estimate of drug-likeness (QED) is 0.796. The van der Waals surface area contributed by atoms with Gasteiger partial charge >= 0.3 is 0 Å². The molecule has 2 unspecified atom stereocenters. The van der Waals surface area contributed by atoms with Crippen molar-refractivity contribution in [3.05, 3.63) is 23.8 Å². The monoisotopic (exact) mass is 230 g/mol. The lowest BCUT2D eigenvalue weighted by Gasteiger charge is -2.30. The molecule has 2 aliphatic rings. The van der Waals surface area contributed by atoms with Crippen LogP contribution in [0.4, 0.5) is 11.4 Å². The second-order valence-corrected chi connectivity index (χ2v) is 5.68. The number of benzene rings is 1. The number of nitrogens with zero attached hydrogens (tertiary/aromatic N) is 1. The second-order valence-electron chi connectivity index (χ2n) is 5.68. The fourth-order valence-corrected chi connectivity index (χ4v) is 3.40. The highest BCUT2D eigenvalue weighted by Crippen LogP contribution is 2.36. The fourth-order valence-electron chi connectivity index (χ4n) is 3.40. The van der Waals surface area contributed by atoms with Crippen LogP contribution in [0.5, 0.6) is 0 Å². The third-order valence-corrected chi connectivity index (χ3v) is 4.16. The Balaban J connectivity index is 1.97. The van der Waals surface area contributed by atoms with E-state index in [0.29, 0.717) is 6.04 Å². The highest BCUT2D eigenvalue weighted by molar-refractivity contribution is 5.68. The summed E-state index contributed by atoms with van der Waals surface area (Å²) in [6.07, 6.45) is 3.83. The molecule has 2 heterocycles. The Morgan fingerprint density at radius 2 is 2.18 bits per heavy atom. The van der Waals surface area contributed by atoms with E-state index in [1.165, 1.54) is 37.2 Å². The molecule has 2 aliphatic heterocycles. The first-order chi connectivity index (χ1) is 8.25. The topological polar surface area (TPSA) is 15.3 Å². The fraction of sp³-hybridized carbons (Fsp3) is 0.600. The van der Waals surface area contributed by atoms with Crippen LogP contribution >= 0.6 is 0 Å². The molecule has 0 amide bonds. The Morgan fingerprint density at radius 3 is 2.94 bits per heavy atom. The van der Waals surface area contributed by atoms with E-state index in [9.17, 15) is 0 Å². The summed E-state index contributed by atoms with van der Waals surface area (Å²) < 4.78 is 0. The molecular formula is C15H22N2. The maximum atomic E-state index is 3.53. The zero-order valence-corrected chi connectivity index (χ0v) is 10.9. The van der Waals surface area contributed by atoms with Crippen molar-refractivity contribution >= 4 is 11.4 Å². The van der Waals surface area contributed by atoms with Gasteiger partial charge in [0.05, 0.1) is 0 Å². The van der Waals surface area contributed by atoms with Gasteiger partial charge in [0, 0.05) is 30.5 Å². The molecule has 0 aliphatic carbocycles. The predicted octanol–water partition coefficient (Wildman–Crippen LogP) is 3.28. The number of anilines is 2. The van der Waals surface area contributed by atoms with Crippen molar-refractivity contribution in [1.82, 2.24) is 0 Å². The average Bonchev–Trinajstić information content (AvgIpc) is 2.68. The molecule has 0 saturated carbocycles. The lowest BCUT2D eigenvalue weighted by Crippen LogP contribution is -2.28. The molecule has 1 aromatic carbocycles. The Hall–Kier alpha value is -1.18. The van der Waals surface area contributed by atoms with Crippen molar-refractivity contribution in [3.63, 3.8) is 0 Å². The molecule has 0 aromatic heterocycles. The maximum absolute atomic E-state index is 3.53. The van der Waals surface area contributed by atoms with Crippen LogP contribution in [0.3, 0.4) is 0 Å². The smallest absolute Gasteiger partial charge is 0.0422 e. The van der Waals surface area contributed by atoms with Crippen LogP contribution in [-0.4, -0.2) is 19.1 Å². The summed E-state index contributed by atoms with van der Waals surface area (Å²) in [5, 5.41) is 3.53. The molecule has 1 aromatic rings. The van der Waals surface area contributed by atoms with Crippen LogP contribution in [0.1, 0.15) is 32.3 Å². The molecule has 2 heteroatoms. The van der Waals surface area contributed by atoms with E-state index in [-0.39, 0.29) is 0 Å². The molecular weight excluding hydrogens is 208 g/mol. The van der Waals surface area contributed by atoms with Crippen molar-refractivity contribution in [2.45, 2.75) is 39.2 Å². The van der Waals surface area contributed by atoms with Gasteiger partial charge in [0.2, 0.25) is 0 Å². The minimum Gasteiger partial charge on any atom is -0.385 e. The number of nitrogens with one attached hydrogen (secondary N) is 1. The first-order valence-electron chi connectivity index (χ1n) is 6.88. The standard InChI is InChI=1S/C15H22N2/c1-11-9-12(2)17(10-11)15-7-3-6-14-13(15)5-4-8-16-14/h3,6-7,11-12,16H,4-5,8-10H2,1-2H3. The minimum absolute atomic E-state index is 0.693. The van der Waals surface area contributed by atoms with E-state index in [0.717, 1.165) is 12.5 Å². The normalized spacial score (nSPS) is 27.8. The van der Waals surface area contributed by atoms with Crippen LogP contribution in [0.2, 0.25) is 0 Å². The van der Waals surface area contributed by atoms with Gasteiger partial charge in [-0.15, -0.1) is 0 Å². The van der Waals surface area contributed by atoms with Crippen molar-refractivity contribution in [2.75, 3.05) is 23.3 Å². The number of hydrogen-bond donors (Lipinski definition) is 1. The highest BCUT2D eigenvalue weighted by atomic mass is 15.2. The Bertz CT molecular complexity index is 413. The van der Waals surface area contributed by atoms with Crippen molar-refractivity contribution in [1.29, 1.82) is 0 Å². The summed E-state index contributed by atoms with van der Waals surface area (Å²) in [4.78, 5) is 2.61. The zero-order chi connectivity index (χ0) is 11.8. The molecule has 1 saturated heterocycles. The molecule has 1 N–H and O–H groups in total. The molecule has 0 bridgehead atoms. The van der Waals surface area contributed by atoms with Gasteiger partial charge in [-0.2, -0.15) is 0 Å². The van der Waals surface area contributed by atoms with Crippen LogP contribution in [0, 0.1) is 5.92 Å².